The van der Waals surface area contributed by atoms with Gasteiger partial charge in [-0.25, -0.2) is 0 Å². The van der Waals surface area contributed by atoms with Crippen LogP contribution < -0.4 is 11.5 Å². The van der Waals surface area contributed by atoms with Gasteiger partial charge in [0.25, 0.3) is 5.97 Å². The maximum atomic E-state index is 10.3. The minimum Gasteiger partial charge on any atom is -0.481 e. The molecule has 0 radical (unpaired) electrons. The fourth-order valence-electron chi connectivity index (χ4n) is 0.464. The molecule has 0 aromatic heterocycles. The molecule has 0 unspecified atom stereocenters. The Labute approximate surface area is 69.5 Å². The molecule has 0 atom stereocenters. The Morgan fingerprint density at radius 1 is 1.50 bits per heavy atom. The summed E-state index contributed by atoms with van der Waals surface area (Å²) in [6.45, 7) is 1.62. The van der Waals surface area contributed by atoms with Crippen molar-refractivity contribution < 1.29 is 19.4 Å². The molecule has 6 nitrogen and oxygen atoms in total. The van der Waals surface area contributed by atoms with Crippen molar-refractivity contribution >= 4 is 11.9 Å². The standard InChI is InChI=1S/C4H8N2O2.C2H4O2/c5-3(7)4(6)1-8-2-4;1-2(3)4/h1-2,6H2,(H2,5,7);1H3,(H,3,4). The average Bonchev–Trinajstić information content (AvgIpc) is 1.81. The van der Waals surface area contributed by atoms with E-state index in [9.17, 15) is 4.79 Å². The van der Waals surface area contributed by atoms with E-state index in [4.69, 9.17) is 21.4 Å². The van der Waals surface area contributed by atoms with Gasteiger partial charge in [0.05, 0.1) is 13.2 Å². The Balaban J connectivity index is 0.000000261. The minimum absolute atomic E-state index is 0.266. The molecule has 1 aliphatic heterocycles. The summed E-state index contributed by atoms with van der Waals surface area (Å²) in [5.41, 5.74) is 9.37. The first-order chi connectivity index (χ1) is 5.38. The largest absolute Gasteiger partial charge is 0.481 e. The first kappa shape index (κ1) is 10.9. The third-order valence-electron chi connectivity index (χ3n) is 1.21. The van der Waals surface area contributed by atoms with E-state index < -0.39 is 17.4 Å². The van der Waals surface area contributed by atoms with Crippen LogP contribution in [-0.4, -0.2) is 35.7 Å². The molecule has 6 heteroatoms. The number of carbonyl (C=O) groups is 2. The Morgan fingerprint density at radius 2 is 1.83 bits per heavy atom. The number of hydrogen-bond acceptors (Lipinski definition) is 4. The molecule has 5 N–H and O–H groups in total. The molecule has 1 fully saturated rings. The van der Waals surface area contributed by atoms with Crippen LogP contribution in [-0.2, 0) is 14.3 Å². The normalized spacial score (nSPS) is 18.2. The molecule has 1 saturated heterocycles. The number of ether oxygens (including phenoxy) is 1. The summed E-state index contributed by atoms with van der Waals surface area (Å²) in [5, 5.41) is 7.42. The second-order valence-corrected chi connectivity index (χ2v) is 2.53. The van der Waals surface area contributed by atoms with Gasteiger partial charge < -0.3 is 21.3 Å². The fourth-order valence-corrected chi connectivity index (χ4v) is 0.464. The number of carboxylic acids is 1. The lowest BCUT2D eigenvalue weighted by Gasteiger charge is -2.33. The summed E-state index contributed by atoms with van der Waals surface area (Å²) in [6.07, 6.45) is 0. The Hall–Kier alpha value is -1.14. The maximum Gasteiger partial charge on any atom is 0.300 e. The van der Waals surface area contributed by atoms with E-state index in [1.54, 1.807) is 0 Å². The number of carbonyl (C=O) groups excluding carboxylic acids is 1. The van der Waals surface area contributed by atoms with Crippen molar-refractivity contribution in [2.75, 3.05) is 13.2 Å². The van der Waals surface area contributed by atoms with E-state index in [-0.39, 0.29) is 13.2 Å². The van der Waals surface area contributed by atoms with Gasteiger partial charge in [-0.2, -0.15) is 0 Å². The Kier molecular flexibility index (Phi) is 3.65. The number of rotatable bonds is 1. The zero-order chi connectivity index (χ0) is 9.78. The van der Waals surface area contributed by atoms with Crippen LogP contribution >= 0.6 is 0 Å². The first-order valence-electron chi connectivity index (χ1n) is 3.24. The molecule has 0 aromatic carbocycles. The summed E-state index contributed by atoms with van der Waals surface area (Å²) in [4.78, 5) is 19.3. The second-order valence-electron chi connectivity index (χ2n) is 2.53. The van der Waals surface area contributed by atoms with Crippen LogP contribution in [0.3, 0.4) is 0 Å². The molecular formula is C6H12N2O4. The van der Waals surface area contributed by atoms with Gasteiger partial charge in [-0.3, -0.25) is 9.59 Å². The molecule has 12 heavy (non-hydrogen) atoms. The summed E-state index contributed by atoms with van der Waals surface area (Å²) in [7, 11) is 0. The molecule has 0 aromatic rings. The van der Waals surface area contributed by atoms with E-state index >= 15 is 0 Å². The number of hydrogen-bond donors (Lipinski definition) is 3. The highest BCUT2D eigenvalue weighted by atomic mass is 16.5. The van der Waals surface area contributed by atoms with E-state index in [0.29, 0.717) is 0 Å². The summed E-state index contributed by atoms with van der Waals surface area (Å²) in [6, 6.07) is 0. The van der Waals surface area contributed by atoms with Gasteiger partial charge in [0.2, 0.25) is 5.91 Å². The van der Waals surface area contributed by atoms with E-state index in [2.05, 4.69) is 4.74 Å². The van der Waals surface area contributed by atoms with Crippen molar-refractivity contribution in [3.05, 3.63) is 0 Å². The van der Waals surface area contributed by atoms with Gasteiger partial charge in [0.1, 0.15) is 5.54 Å². The van der Waals surface area contributed by atoms with Gasteiger partial charge in [0.15, 0.2) is 0 Å². The molecular weight excluding hydrogens is 164 g/mol. The second kappa shape index (κ2) is 4.03. The highest BCUT2D eigenvalue weighted by Gasteiger charge is 2.40. The lowest BCUT2D eigenvalue weighted by Crippen LogP contribution is -2.65. The quantitative estimate of drug-likeness (QED) is 0.440. The molecule has 1 heterocycles. The summed E-state index contributed by atoms with van der Waals surface area (Å²) >= 11 is 0. The lowest BCUT2D eigenvalue weighted by atomic mass is 9.99. The number of primary amides is 1. The molecule has 0 spiro atoms. The Morgan fingerprint density at radius 3 is 1.83 bits per heavy atom. The van der Waals surface area contributed by atoms with Crippen LogP contribution in [0, 0.1) is 0 Å². The fraction of sp³-hybridized carbons (Fsp3) is 0.667. The van der Waals surface area contributed by atoms with Gasteiger partial charge >= 0.3 is 0 Å². The number of amides is 1. The van der Waals surface area contributed by atoms with Crippen molar-refractivity contribution in [2.45, 2.75) is 12.5 Å². The lowest BCUT2D eigenvalue weighted by molar-refractivity contribution is -0.139. The predicted octanol–water partition coefficient (Wildman–Crippen LogP) is -1.71. The topological polar surface area (TPSA) is 116 Å². The summed E-state index contributed by atoms with van der Waals surface area (Å²) in [5.74, 6) is -1.32. The van der Waals surface area contributed by atoms with E-state index in [0.717, 1.165) is 6.92 Å². The van der Waals surface area contributed by atoms with Gasteiger partial charge in [-0.1, -0.05) is 0 Å². The van der Waals surface area contributed by atoms with Crippen molar-refractivity contribution in [2.24, 2.45) is 11.5 Å². The van der Waals surface area contributed by atoms with Crippen LogP contribution in [0.2, 0.25) is 0 Å². The third-order valence-corrected chi connectivity index (χ3v) is 1.21. The van der Waals surface area contributed by atoms with E-state index in [1.165, 1.54) is 0 Å². The molecule has 0 bridgehead atoms. The SMILES string of the molecule is CC(=O)O.NC(=O)C1(N)COC1. The predicted molar refractivity (Wildman–Crippen MR) is 40.2 cm³/mol. The van der Waals surface area contributed by atoms with Crippen LogP contribution in [0.1, 0.15) is 6.92 Å². The van der Waals surface area contributed by atoms with Crippen LogP contribution in [0.5, 0.6) is 0 Å². The van der Waals surface area contributed by atoms with Gasteiger partial charge in [-0.05, 0) is 0 Å². The minimum atomic E-state index is -0.861. The summed E-state index contributed by atoms with van der Waals surface area (Å²) < 4.78 is 4.67. The maximum absolute atomic E-state index is 10.3. The Bertz CT molecular complexity index is 184. The van der Waals surface area contributed by atoms with Crippen molar-refractivity contribution in [1.29, 1.82) is 0 Å². The van der Waals surface area contributed by atoms with Gasteiger partial charge in [-0.15, -0.1) is 0 Å². The van der Waals surface area contributed by atoms with Crippen molar-refractivity contribution in [3.8, 4) is 0 Å². The monoisotopic (exact) mass is 176 g/mol. The van der Waals surface area contributed by atoms with Crippen LogP contribution in [0.4, 0.5) is 0 Å². The number of carboxylic acid groups (broad SMARTS) is 1. The molecule has 0 saturated carbocycles. The average molecular weight is 176 g/mol. The number of nitrogens with two attached hydrogens (primary N) is 2. The van der Waals surface area contributed by atoms with Crippen molar-refractivity contribution in [3.63, 3.8) is 0 Å². The van der Waals surface area contributed by atoms with E-state index in [1.807, 2.05) is 0 Å². The van der Waals surface area contributed by atoms with Crippen LogP contribution in [0.25, 0.3) is 0 Å². The third kappa shape index (κ3) is 3.31. The zero-order valence-corrected chi connectivity index (χ0v) is 6.74. The highest BCUT2D eigenvalue weighted by molar-refractivity contribution is 5.85. The molecule has 1 amide bonds. The smallest absolute Gasteiger partial charge is 0.300 e. The zero-order valence-electron chi connectivity index (χ0n) is 6.74. The number of aliphatic carboxylic acids is 1. The molecule has 1 aliphatic rings. The van der Waals surface area contributed by atoms with Gasteiger partial charge in [0, 0.05) is 6.92 Å². The van der Waals surface area contributed by atoms with Crippen LogP contribution in [0.15, 0.2) is 0 Å². The van der Waals surface area contributed by atoms with Crippen molar-refractivity contribution in [1.82, 2.24) is 0 Å². The molecule has 0 aliphatic carbocycles. The molecule has 1 rings (SSSR count). The molecule has 70 valence electrons. The highest BCUT2D eigenvalue weighted by Crippen LogP contribution is 2.11. The first-order valence-corrected chi connectivity index (χ1v) is 3.24.